The SMILES string of the molecule is COC(=O)c1ccccc1-c1c(C(C)(C)CC#N)[nH]c2cc3cnn(C4CCCCO4)c3cc12. The van der Waals surface area contributed by atoms with Crippen LogP contribution in [0.15, 0.2) is 42.6 Å². The highest BCUT2D eigenvalue weighted by molar-refractivity contribution is 6.08. The summed E-state index contributed by atoms with van der Waals surface area (Å²) in [6.07, 6.45) is 5.24. The van der Waals surface area contributed by atoms with E-state index >= 15 is 0 Å². The van der Waals surface area contributed by atoms with E-state index in [1.54, 1.807) is 6.07 Å². The molecule has 174 valence electrons. The summed E-state index contributed by atoms with van der Waals surface area (Å²) in [6, 6.07) is 14.0. The van der Waals surface area contributed by atoms with Gasteiger partial charge in [0, 0.05) is 46.0 Å². The maximum Gasteiger partial charge on any atom is 0.338 e. The number of fused-ring (bicyclic) bond motifs is 2. The van der Waals surface area contributed by atoms with Crippen LogP contribution in [0.1, 0.15) is 61.8 Å². The Morgan fingerprint density at radius 3 is 2.88 bits per heavy atom. The molecule has 1 saturated heterocycles. The van der Waals surface area contributed by atoms with Crippen LogP contribution in [0, 0.1) is 11.3 Å². The third kappa shape index (κ3) is 3.64. The number of esters is 1. The van der Waals surface area contributed by atoms with Gasteiger partial charge in [-0.2, -0.15) is 10.4 Å². The van der Waals surface area contributed by atoms with Gasteiger partial charge >= 0.3 is 5.97 Å². The van der Waals surface area contributed by atoms with Gasteiger partial charge in [0.1, 0.15) is 0 Å². The van der Waals surface area contributed by atoms with E-state index in [2.05, 4.69) is 28.3 Å². The Kier molecular flexibility index (Phi) is 5.62. The number of nitrogens with one attached hydrogen (secondary N) is 1. The highest BCUT2D eigenvalue weighted by Crippen LogP contribution is 2.43. The average Bonchev–Trinajstić information content (AvgIpc) is 3.44. The molecule has 5 rings (SSSR count). The summed E-state index contributed by atoms with van der Waals surface area (Å²) in [5.41, 5.74) is 4.56. The normalized spacial score (nSPS) is 16.6. The lowest BCUT2D eigenvalue weighted by molar-refractivity contribution is -0.0366. The molecule has 1 aliphatic rings. The van der Waals surface area contributed by atoms with E-state index in [-0.39, 0.29) is 6.23 Å². The molecule has 0 radical (unpaired) electrons. The predicted octanol–water partition coefficient (Wildman–Crippen LogP) is 5.86. The van der Waals surface area contributed by atoms with Gasteiger partial charge in [-0.05, 0) is 43.0 Å². The Balaban J connectivity index is 1.81. The Hall–Kier alpha value is -3.63. The number of aromatic amines is 1. The highest BCUT2D eigenvalue weighted by Gasteiger charge is 2.30. The number of benzene rings is 2. The van der Waals surface area contributed by atoms with Crippen LogP contribution in [0.2, 0.25) is 0 Å². The van der Waals surface area contributed by atoms with Crippen LogP contribution in [0.4, 0.5) is 0 Å². The third-order valence-electron chi connectivity index (χ3n) is 6.74. The van der Waals surface area contributed by atoms with Crippen LogP contribution in [0.25, 0.3) is 32.9 Å². The molecule has 0 aliphatic carbocycles. The maximum atomic E-state index is 12.7. The molecule has 7 nitrogen and oxygen atoms in total. The lowest BCUT2D eigenvalue weighted by Crippen LogP contribution is -2.19. The van der Waals surface area contributed by atoms with Crippen LogP contribution < -0.4 is 0 Å². The fourth-order valence-electron chi connectivity index (χ4n) is 4.94. The van der Waals surface area contributed by atoms with E-state index in [0.29, 0.717) is 12.0 Å². The number of ether oxygens (including phenoxy) is 2. The quantitative estimate of drug-likeness (QED) is 0.380. The van der Waals surface area contributed by atoms with E-state index in [9.17, 15) is 10.1 Å². The number of rotatable bonds is 5. The maximum absolute atomic E-state index is 12.7. The summed E-state index contributed by atoms with van der Waals surface area (Å²) in [6.45, 7) is 4.83. The zero-order valence-corrected chi connectivity index (χ0v) is 19.7. The van der Waals surface area contributed by atoms with Gasteiger partial charge in [-0.1, -0.05) is 32.0 Å². The molecule has 1 fully saturated rings. The number of H-pyrrole nitrogens is 1. The average molecular weight is 457 g/mol. The lowest BCUT2D eigenvalue weighted by Gasteiger charge is -2.23. The summed E-state index contributed by atoms with van der Waals surface area (Å²) >= 11 is 0. The zero-order chi connectivity index (χ0) is 23.9. The van der Waals surface area contributed by atoms with Crippen molar-refractivity contribution < 1.29 is 14.3 Å². The second kappa shape index (κ2) is 8.62. The van der Waals surface area contributed by atoms with E-state index in [0.717, 1.165) is 64.5 Å². The Morgan fingerprint density at radius 2 is 2.15 bits per heavy atom. The molecule has 1 N–H and O–H groups in total. The largest absolute Gasteiger partial charge is 0.465 e. The van der Waals surface area contributed by atoms with E-state index < -0.39 is 11.4 Å². The first kappa shape index (κ1) is 22.2. The first-order valence-electron chi connectivity index (χ1n) is 11.6. The molecule has 2 aromatic heterocycles. The van der Waals surface area contributed by atoms with Crippen LogP contribution >= 0.6 is 0 Å². The van der Waals surface area contributed by atoms with Gasteiger partial charge < -0.3 is 14.5 Å². The molecule has 0 spiro atoms. The fraction of sp³-hybridized carbons (Fsp3) is 0.370. The first-order chi connectivity index (χ1) is 16.4. The predicted molar refractivity (Wildman–Crippen MR) is 130 cm³/mol. The minimum atomic E-state index is -0.461. The molecule has 0 amide bonds. The van der Waals surface area contributed by atoms with E-state index in [1.807, 2.05) is 42.9 Å². The molecule has 7 heteroatoms. The molecule has 4 aromatic rings. The van der Waals surface area contributed by atoms with E-state index in [1.165, 1.54) is 7.11 Å². The van der Waals surface area contributed by atoms with Gasteiger partial charge in [0.2, 0.25) is 0 Å². The molecule has 1 aliphatic heterocycles. The second-order valence-corrected chi connectivity index (χ2v) is 9.50. The van der Waals surface area contributed by atoms with Crippen molar-refractivity contribution in [3.05, 3.63) is 53.9 Å². The van der Waals surface area contributed by atoms with Crippen molar-refractivity contribution >= 4 is 27.8 Å². The minimum absolute atomic E-state index is 0.0806. The number of nitriles is 1. The Bertz CT molecular complexity index is 1420. The summed E-state index contributed by atoms with van der Waals surface area (Å²) in [4.78, 5) is 16.2. The Labute approximate surface area is 198 Å². The first-order valence-corrected chi connectivity index (χ1v) is 11.6. The summed E-state index contributed by atoms with van der Waals surface area (Å²) in [5, 5.41) is 16.2. The van der Waals surface area contributed by atoms with Crippen molar-refractivity contribution in [1.82, 2.24) is 14.8 Å². The lowest BCUT2D eigenvalue weighted by atomic mass is 9.81. The molecule has 0 bridgehead atoms. The van der Waals surface area contributed by atoms with Crippen molar-refractivity contribution in [3.63, 3.8) is 0 Å². The smallest absolute Gasteiger partial charge is 0.338 e. The van der Waals surface area contributed by atoms with Crippen molar-refractivity contribution in [2.75, 3.05) is 13.7 Å². The molecular formula is C27H28N4O3. The fourth-order valence-corrected chi connectivity index (χ4v) is 4.94. The minimum Gasteiger partial charge on any atom is -0.465 e. The number of carbonyl (C=O) groups excluding carboxylic acids is 1. The van der Waals surface area contributed by atoms with Crippen molar-refractivity contribution in [3.8, 4) is 17.2 Å². The van der Waals surface area contributed by atoms with Crippen molar-refractivity contribution in [1.29, 1.82) is 5.26 Å². The monoisotopic (exact) mass is 456 g/mol. The topological polar surface area (TPSA) is 92.9 Å². The molecule has 1 unspecified atom stereocenters. The zero-order valence-electron chi connectivity index (χ0n) is 19.7. The molecule has 1 atom stereocenters. The number of carbonyl (C=O) groups is 1. The summed E-state index contributed by atoms with van der Waals surface area (Å²) < 4.78 is 13.1. The molecule has 3 heterocycles. The van der Waals surface area contributed by atoms with Gasteiger partial charge in [-0.25, -0.2) is 9.48 Å². The molecule has 34 heavy (non-hydrogen) atoms. The second-order valence-electron chi connectivity index (χ2n) is 9.50. The van der Waals surface area contributed by atoms with Crippen LogP contribution in [0.5, 0.6) is 0 Å². The standard InChI is InChI=1S/C27H28N4O3/c1-27(2,11-12-28)25-24(18-8-4-5-9-19(18)26(32)33-3)20-15-22-17(14-21(20)30-25)16-29-31(22)23-10-6-7-13-34-23/h4-5,8-9,14-16,23,30H,6-7,10-11,13H2,1-3H3. The molecule has 0 saturated carbocycles. The molecule has 2 aromatic carbocycles. The van der Waals surface area contributed by atoms with Crippen LogP contribution in [-0.2, 0) is 14.9 Å². The number of aromatic nitrogens is 3. The number of hydrogen-bond acceptors (Lipinski definition) is 5. The Morgan fingerprint density at radius 1 is 1.32 bits per heavy atom. The van der Waals surface area contributed by atoms with Crippen LogP contribution in [-0.4, -0.2) is 34.5 Å². The van der Waals surface area contributed by atoms with Crippen molar-refractivity contribution in [2.45, 2.75) is 51.2 Å². The van der Waals surface area contributed by atoms with Gasteiger partial charge in [-0.15, -0.1) is 0 Å². The number of nitrogens with zero attached hydrogens (tertiary/aromatic N) is 3. The molecular weight excluding hydrogens is 428 g/mol. The van der Waals surface area contributed by atoms with Gasteiger partial charge in [0.25, 0.3) is 0 Å². The summed E-state index contributed by atoms with van der Waals surface area (Å²) in [5.74, 6) is -0.393. The van der Waals surface area contributed by atoms with E-state index in [4.69, 9.17) is 9.47 Å². The number of hydrogen-bond donors (Lipinski definition) is 1. The third-order valence-corrected chi connectivity index (χ3v) is 6.74. The van der Waals surface area contributed by atoms with Crippen molar-refractivity contribution in [2.24, 2.45) is 0 Å². The van der Waals surface area contributed by atoms with Gasteiger partial charge in [0.15, 0.2) is 6.23 Å². The number of methoxy groups -OCH3 is 1. The highest BCUT2D eigenvalue weighted by atomic mass is 16.5. The van der Waals surface area contributed by atoms with Gasteiger partial charge in [-0.3, -0.25) is 0 Å². The van der Waals surface area contributed by atoms with Gasteiger partial charge in [0.05, 0.1) is 30.5 Å². The summed E-state index contributed by atoms with van der Waals surface area (Å²) in [7, 11) is 1.39. The van der Waals surface area contributed by atoms with Crippen LogP contribution in [0.3, 0.4) is 0 Å².